The number of nitriles is 1. The number of ether oxygens (including phenoxy) is 3. The molecule has 0 radical (unpaired) electrons. The van der Waals surface area contributed by atoms with Crippen LogP contribution in [0.3, 0.4) is 0 Å². The molecule has 4 nitrogen and oxygen atoms in total. The number of hydrogen-bond acceptors (Lipinski definition) is 4. The van der Waals surface area contributed by atoms with E-state index < -0.39 is 0 Å². The number of halogens is 1. The zero-order chi connectivity index (χ0) is 14.8. The molecule has 1 aliphatic rings. The molecule has 2 aromatic carbocycles. The molecule has 0 saturated carbocycles. The summed E-state index contributed by atoms with van der Waals surface area (Å²) in [6, 6.07) is 11.1. The number of nitrogens with zero attached hydrogens (tertiary/aromatic N) is 1. The Morgan fingerprint density at radius 2 is 2.14 bits per heavy atom. The fourth-order valence-electron chi connectivity index (χ4n) is 2.15. The van der Waals surface area contributed by atoms with Crippen molar-refractivity contribution in [2.75, 3.05) is 6.79 Å². The lowest BCUT2D eigenvalue weighted by Gasteiger charge is -2.10. The molecule has 0 spiro atoms. The van der Waals surface area contributed by atoms with Crippen LogP contribution >= 0.6 is 11.6 Å². The number of rotatable bonds is 3. The van der Waals surface area contributed by atoms with Crippen molar-refractivity contribution in [1.82, 2.24) is 0 Å². The summed E-state index contributed by atoms with van der Waals surface area (Å²) in [5.41, 5.74) is 2.43. The van der Waals surface area contributed by atoms with Crippen LogP contribution < -0.4 is 14.2 Å². The second kappa shape index (κ2) is 5.55. The van der Waals surface area contributed by atoms with E-state index in [2.05, 4.69) is 6.07 Å². The highest BCUT2D eigenvalue weighted by Crippen LogP contribution is 2.40. The van der Waals surface area contributed by atoms with Crippen molar-refractivity contribution in [1.29, 1.82) is 5.26 Å². The maximum atomic E-state index is 8.85. The maximum Gasteiger partial charge on any atom is 0.231 e. The highest BCUT2D eigenvalue weighted by Gasteiger charge is 2.18. The Hall–Kier alpha value is -2.38. The van der Waals surface area contributed by atoms with E-state index in [-0.39, 0.29) is 6.79 Å². The summed E-state index contributed by atoms with van der Waals surface area (Å²) in [5, 5.41) is 9.36. The molecule has 0 atom stereocenters. The Morgan fingerprint density at radius 3 is 2.90 bits per heavy atom. The highest BCUT2D eigenvalue weighted by atomic mass is 35.5. The summed E-state index contributed by atoms with van der Waals surface area (Å²) in [6.07, 6.45) is 0. The molecular weight excluding hydrogens is 290 g/mol. The van der Waals surface area contributed by atoms with Gasteiger partial charge in [0.25, 0.3) is 0 Å². The lowest BCUT2D eigenvalue weighted by molar-refractivity contribution is 0.174. The van der Waals surface area contributed by atoms with Gasteiger partial charge >= 0.3 is 0 Å². The average molecular weight is 302 g/mol. The van der Waals surface area contributed by atoms with Crippen LogP contribution in [0.15, 0.2) is 30.3 Å². The van der Waals surface area contributed by atoms with Gasteiger partial charge in [-0.25, -0.2) is 0 Å². The van der Waals surface area contributed by atoms with Crippen molar-refractivity contribution < 1.29 is 14.2 Å². The van der Waals surface area contributed by atoms with Gasteiger partial charge in [-0.1, -0.05) is 11.6 Å². The molecule has 0 aromatic heterocycles. The second-order valence-electron chi connectivity index (χ2n) is 4.69. The minimum Gasteiger partial charge on any atom is -0.489 e. The Balaban J connectivity index is 1.77. The van der Waals surface area contributed by atoms with Crippen LogP contribution in [0.1, 0.15) is 16.7 Å². The molecule has 0 aliphatic carbocycles. The van der Waals surface area contributed by atoms with Crippen LogP contribution in [0, 0.1) is 18.3 Å². The van der Waals surface area contributed by atoms with E-state index in [1.165, 1.54) is 0 Å². The summed E-state index contributed by atoms with van der Waals surface area (Å²) in [5.74, 6) is 1.95. The van der Waals surface area contributed by atoms with Crippen LogP contribution in [0.25, 0.3) is 0 Å². The maximum absolute atomic E-state index is 8.85. The largest absolute Gasteiger partial charge is 0.489 e. The normalized spacial score (nSPS) is 12.0. The molecule has 1 heterocycles. The smallest absolute Gasteiger partial charge is 0.231 e. The first kappa shape index (κ1) is 13.6. The Morgan fingerprint density at radius 1 is 1.29 bits per heavy atom. The van der Waals surface area contributed by atoms with Gasteiger partial charge in [-0.2, -0.15) is 5.26 Å². The predicted molar refractivity (Wildman–Crippen MR) is 77.8 cm³/mol. The third-order valence-corrected chi connectivity index (χ3v) is 3.47. The first-order valence-electron chi connectivity index (χ1n) is 6.39. The fraction of sp³-hybridized carbons (Fsp3) is 0.188. The molecule has 0 saturated heterocycles. The van der Waals surface area contributed by atoms with E-state index in [0.717, 1.165) is 16.9 Å². The number of aryl methyl sites for hydroxylation is 1. The molecule has 0 unspecified atom stereocenters. The summed E-state index contributed by atoms with van der Waals surface area (Å²) in [7, 11) is 0. The van der Waals surface area contributed by atoms with E-state index in [1.807, 2.05) is 13.0 Å². The van der Waals surface area contributed by atoms with E-state index in [1.54, 1.807) is 24.3 Å². The molecule has 21 heavy (non-hydrogen) atoms. The quantitative estimate of drug-likeness (QED) is 0.864. The van der Waals surface area contributed by atoms with Crippen LogP contribution in [-0.2, 0) is 6.61 Å². The van der Waals surface area contributed by atoms with Crippen LogP contribution in [-0.4, -0.2) is 6.79 Å². The lowest BCUT2D eigenvalue weighted by Crippen LogP contribution is -1.97. The molecule has 5 heteroatoms. The van der Waals surface area contributed by atoms with Gasteiger partial charge in [0.15, 0.2) is 11.5 Å². The van der Waals surface area contributed by atoms with Gasteiger partial charge in [-0.05, 0) is 48.4 Å². The number of fused-ring (bicyclic) bond motifs is 1. The topological polar surface area (TPSA) is 51.5 Å². The fourth-order valence-corrected chi connectivity index (χ4v) is 2.43. The van der Waals surface area contributed by atoms with Gasteiger partial charge in [-0.15, -0.1) is 0 Å². The van der Waals surface area contributed by atoms with E-state index in [4.69, 9.17) is 31.1 Å². The van der Waals surface area contributed by atoms with Crippen molar-refractivity contribution in [3.05, 3.63) is 52.0 Å². The van der Waals surface area contributed by atoms with Crippen molar-refractivity contribution >= 4 is 11.6 Å². The second-order valence-corrected chi connectivity index (χ2v) is 5.10. The minimum absolute atomic E-state index is 0.189. The van der Waals surface area contributed by atoms with Gasteiger partial charge in [0.2, 0.25) is 6.79 Å². The zero-order valence-corrected chi connectivity index (χ0v) is 12.1. The molecule has 0 bridgehead atoms. The summed E-state index contributed by atoms with van der Waals surface area (Å²) < 4.78 is 16.4. The van der Waals surface area contributed by atoms with Crippen LogP contribution in [0.5, 0.6) is 17.2 Å². The van der Waals surface area contributed by atoms with Crippen LogP contribution in [0.2, 0.25) is 5.02 Å². The van der Waals surface area contributed by atoms with Crippen LogP contribution in [0.4, 0.5) is 0 Å². The van der Waals surface area contributed by atoms with Gasteiger partial charge in [0.1, 0.15) is 12.4 Å². The Labute approximate surface area is 127 Å². The predicted octanol–water partition coefficient (Wildman–Crippen LogP) is 3.83. The molecule has 0 N–H and O–H groups in total. The lowest BCUT2D eigenvalue weighted by atomic mass is 10.1. The summed E-state index contributed by atoms with van der Waals surface area (Å²) in [4.78, 5) is 0. The summed E-state index contributed by atoms with van der Waals surface area (Å²) in [6.45, 7) is 2.46. The van der Waals surface area contributed by atoms with Gasteiger partial charge in [0, 0.05) is 0 Å². The monoisotopic (exact) mass is 301 g/mol. The summed E-state index contributed by atoms with van der Waals surface area (Å²) >= 11 is 6.13. The molecular formula is C16H12ClNO3. The standard InChI is InChI=1S/C16H12ClNO3/c1-10-4-11(7-18)2-3-14(10)19-8-12-5-13(17)16-15(6-12)20-9-21-16/h2-6H,8-9H2,1H3. The van der Waals surface area contributed by atoms with Crippen molar-refractivity contribution in [3.8, 4) is 23.3 Å². The molecule has 0 fully saturated rings. The van der Waals surface area contributed by atoms with Crippen molar-refractivity contribution in [2.24, 2.45) is 0 Å². The number of hydrogen-bond donors (Lipinski definition) is 0. The van der Waals surface area contributed by atoms with Gasteiger partial charge < -0.3 is 14.2 Å². The van der Waals surface area contributed by atoms with E-state index in [9.17, 15) is 0 Å². The minimum atomic E-state index is 0.189. The highest BCUT2D eigenvalue weighted by molar-refractivity contribution is 6.32. The molecule has 0 amide bonds. The first-order chi connectivity index (χ1) is 10.2. The first-order valence-corrected chi connectivity index (χ1v) is 6.77. The third-order valence-electron chi connectivity index (χ3n) is 3.19. The Bertz CT molecular complexity index is 737. The van der Waals surface area contributed by atoms with Gasteiger partial charge in [0.05, 0.1) is 16.7 Å². The van der Waals surface area contributed by atoms with Gasteiger partial charge in [-0.3, -0.25) is 0 Å². The van der Waals surface area contributed by atoms with Crippen molar-refractivity contribution in [3.63, 3.8) is 0 Å². The molecule has 1 aliphatic heterocycles. The third kappa shape index (κ3) is 2.74. The number of benzene rings is 2. The molecule has 106 valence electrons. The Kier molecular flexibility index (Phi) is 3.59. The SMILES string of the molecule is Cc1cc(C#N)ccc1OCc1cc(Cl)c2c(c1)OCO2. The average Bonchev–Trinajstić information content (AvgIpc) is 2.95. The molecule has 2 aromatic rings. The van der Waals surface area contributed by atoms with E-state index in [0.29, 0.717) is 28.7 Å². The molecule has 3 rings (SSSR count). The zero-order valence-electron chi connectivity index (χ0n) is 11.4. The van der Waals surface area contributed by atoms with Crippen molar-refractivity contribution in [2.45, 2.75) is 13.5 Å². The van der Waals surface area contributed by atoms with E-state index >= 15 is 0 Å².